The van der Waals surface area contributed by atoms with Crippen LogP contribution in [-0.2, 0) is 28.6 Å². The first-order chi connectivity index (χ1) is 38.0. The third-order valence-electron chi connectivity index (χ3n) is 16.0. The zero-order valence-electron chi connectivity index (χ0n) is 52.3. The molecule has 0 amide bonds. The van der Waals surface area contributed by atoms with E-state index in [1.165, 1.54) is 276 Å². The number of carbonyl (C=O) groups excluding carboxylic acids is 3. The molecule has 0 aliphatic rings. The van der Waals surface area contributed by atoms with Crippen LogP contribution in [0, 0.1) is 0 Å². The Balaban J connectivity index is 4.16. The van der Waals surface area contributed by atoms with Crippen molar-refractivity contribution in [2.24, 2.45) is 0 Å². The number of hydrogen-bond acceptors (Lipinski definition) is 6. The number of allylic oxidation sites excluding steroid dienone is 4. The maximum Gasteiger partial charge on any atom is 0.306 e. The van der Waals surface area contributed by atoms with Gasteiger partial charge in [-0.2, -0.15) is 0 Å². The summed E-state index contributed by atoms with van der Waals surface area (Å²) >= 11 is 0. The van der Waals surface area contributed by atoms with Crippen LogP contribution in [0.15, 0.2) is 24.3 Å². The molecule has 0 aliphatic heterocycles. The van der Waals surface area contributed by atoms with E-state index in [2.05, 4.69) is 45.1 Å². The van der Waals surface area contributed by atoms with Gasteiger partial charge < -0.3 is 14.2 Å². The van der Waals surface area contributed by atoms with E-state index in [0.717, 1.165) is 77.0 Å². The van der Waals surface area contributed by atoms with Gasteiger partial charge in [-0.15, -0.1) is 0 Å². The van der Waals surface area contributed by atoms with E-state index in [-0.39, 0.29) is 31.1 Å². The van der Waals surface area contributed by atoms with E-state index in [1.807, 2.05) is 0 Å². The van der Waals surface area contributed by atoms with Crippen LogP contribution in [0.5, 0.6) is 0 Å². The molecule has 0 radical (unpaired) electrons. The minimum Gasteiger partial charge on any atom is -0.462 e. The van der Waals surface area contributed by atoms with Gasteiger partial charge in [-0.1, -0.05) is 347 Å². The zero-order valence-corrected chi connectivity index (χ0v) is 52.3. The molecule has 6 heteroatoms. The van der Waals surface area contributed by atoms with Crippen LogP contribution in [0.1, 0.15) is 393 Å². The van der Waals surface area contributed by atoms with Crippen molar-refractivity contribution >= 4 is 17.9 Å². The molecule has 0 spiro atoms. The van der Waals surface area contributed by atoms with Crippen LogP contribution >= 0.6 is 0 Å². The first-order valence-electron chi connectivity index (χ1n) is 34.8. The summed E-state index contributed by atoms with van der Waals surface area (Å²) in [4.78, 5) is 38.3. The Kier molecular flexibility index (Phi) is 64.6. The van der Waals surface area contributed by atoms with Crippen molar-refractivity contribution in [1.29, 1.82) is 0 Å². The van der Waals surface area contributed by atoms with E-state index < -0.39 is 6.10 Å². The summed E-state index contributed by atoms with van der Waals surface area (Å²) in [6.07, 6.45) is 80.7. The monoisotopic (exact) mass is 1080 g/mol. The molecule has 0 aromatic rings. The molecule has 0 aliphatic carbocycles. The van der Waals surface area contributed by atoms with Crippen molar-refractivity contribution in [3.63, 3.8) is 0 Å². The molecule has 0 saturated carbocycles. The van der Waals surface area contributed by atoms with Crippen molar-refractivity contribution in [2.75, 3.05) is 13.2 Å². The number of unbranched alkanes of at least 4 members (excludes halogenated alkanes) is 50. The summed E-state index contributed by atoms with van der Waals surface area (Å²) in [5, 5.41) is 0. The Morgan fingerprint density at radius 1 is 0.260 bits per heavy atom. The van der Waals surface area contributed by atoms with Crippen LogP contribution in [-0.4, -0.2) is 37.2 Å². The second-order valence-electron chi connectivity index (χ2n) is 23.8. The van der Waals surface area contributed by atoms with Crippen molar-refractivity contribution < 1.29 is 28.6 Å². The van der Waals surface area contributed by atoms with E-state index in [4.69, 9.17) is 14.2 Å². The SMILES string of the molecule is CCCCCC/C=C\C/C=C\CCCCCCCC(=O)OC(COC(=O)CCCCCCCCCCCCCCCC)COC(=O)CCCCCCCCCCCCCCCCCCCCCCCCCCCCCCC. The smallest absolute Gasteiger partial charge is 0.306 e. The molecule has 0 N–H and O–H groups in total. The maximum absolute atomic E-state index is 12.9. The van der Waals surface area contributed by atoms with Gasteiger partial charge in [0.15, 0.2) is 6.10 Å². The minimum atomic E-state index is -0.775. The van der Waals surface area contributed by atoms with Gasteiger partial charge in [0, 0.05) is 19.3 Å². The standard InChI is InChI=1S/C71H134O6/c1-4-7-10-13-16-19-22-25-28-30-31-32-33-34-35-36-37-38-39-40-41-42-44-46-49-52-55-58-61-64-70(73)76-67-68(66-75-69(72)63-60-57-54-51-48-45-27-24-21-18-15-12-9-6-3)77-71(74)65-62-59-56-53-50-47-43-29-26-23-20-17-14-11-8-5-2/h20,23,29,43,68H,4-19,21-22,24-28,30-42,44-67H2,1-3H3/b23-20-,43-29-. The van der Waals surface area contributed by atoms with Crippen LogP contribution in [0.3, 0.4) is 0 Å². The highest BCUT2D eigenvalue weighted by atomic mass is 16.6. The summed E-state index contributed by atoms with van der Waals surface area (Å²) in [7, 11) is 0. The average Bonchev–Trinajstić information content (AvgIpc) is 3.43. The van der Waals surface area contributed by atoms with Crippen LogP contribution < -0.4 is 0 Å². The van der Waals surface area contributed by atoms with Crippen LogP contribution in [0.25, 0.3) is 0 Å². The lowest BCUT2D eigenvalue weighted by atomic mass is 10.0. The molecule has 0 aromatic heterocycles. The molecule has 0 rings (SSSR count). The van der Waals surface area contributed by atoms with Gasteiger partial charge in [-0.3, -0.25) is 14.4 Å². The summed E-state index contributed by atoms with van der Waals surface area (Å²) in [6.45, 7) is 6.69. The number of ether oxygens (including phenoxy) is 3. The molecule has 1 unspecified atom stereocenters. The second-order valence-corrected chi connectivity index (χ2v) is 23.8. The first kappa shape index (κ1) is 74.9. The molecule has 0 aromatic carbocycles. The quantitative estimate of drug-likeness (QED) is 0.0261. The average molecular weight is 1080 g/mol. The fourth-order valence-electron chi connectivity index (χ4n) is 10.7. The third kappa shape index (κ3) is 64.6. The van der Waals surface area contributed by atoms with Crippen LogP contribution in [0.4, 0.5) is 0 Å². The molecule has 0 bridgehead atoms. The molecular formula is C71H134O6. The Labute approximate surface area is 481 Å². The van der Waals surface area contributed by atoms with Crippen molar-refractivity contribution in [3.05, 3.63) is 24.3 Å². The Hall–Kier alpha value is -2.11. The van der Waals surface area contributed by atoms with E-state index in [1.54, 1.807) is 0 Å². The molecule has 0 saturated heterocycles. The fraction of sp³-hybridized carbons (Fsp3) is 0.901. The van der Waals surface area contributed by atoms with E-state index >= 15 is 0 Å². The molecule has 1 atom stereocenters. The normalized spacial score (nSPS) is 12.1. The minimum absolute atomic E-state index is 0.0709. The molecule has 0 fully saturated rings. The lowest BCUT2D eigenvalue weighted by Gasteiger charge is -2.18. The van der Waals surface area contributed by atoms with Crippen molar-refractivity contribution in [1.82, 2.24) is 0 Å². The fourth-order valence-corrected chi connectivity index (χ4v) is 10.7. The van der Waals surface area contributed by atoms with Gasteiger partial charge in [0.25, 0.3) is 0 Å². The van der Waals surface area contributed by atoms with Gasteiger partial charge in [0.05, 0.1) is 0 Å². The second kappa shape index (κ2) is 66.4. The maximum atomic E-state index is 12.9. The number of carbonyl (C=O) groups is 3. The summed E-state index contributed by atoms with van der Waals surface area (Å²) in [5.41, 5.74) is 0. The number of esters is 3. The third-order valence-corrected chi connectivity index (χ3v) is 16.0. The Morgan fingerprint density at radius 3 is 0.727 bits per heavy atom. The van der Waals surface area contributed by atoms with Crippen LogP contribution in [0.2, 0.25) is 0 Å². The molecule has 77 heavy (non-hydrogen) atoms. The zero-order chi connectivity index (χ0) is 55.7. The Morgan fingerprint density at radius 2 is 0.468 bits per heavy atom. The molecule has 0 heterocycles. The van der Waals surface area contributed by atoms with Gasteiger partial charge in [-0.05, 0) is 51.4 Å². The van der Waals surface area contributed by atoms with Gasteiger partial charge >= 0.3 is 17.9 Å². The summed E-state index contributed by atoms with van der Waals surface area (Å²) in [6, 6.07) is 0. The van der Waals surface area contributed by atoms with Gasteiger partial charge in [0.2, 0.25) is 0 Å². The van der Waals surface area contributed by atoms with Gasteiger partial charge in [-0.25, -0.2) is 0 Å². The Bertz CT molecular complexity index is 1240. The highest BCUT2D eigenvalue weighted by molar-refractivity contribution is 5.71. The molecule has 6 nitrogen and oxygen atoms in total. The highest BCUT2D eigenvalue weighted by Gasteiger charge is 2.19. The number of rotatable bonds is 65. The lowest BCUT2D eigenvalue weighted by Crippen LogP contribution is -2.30. The molecular weight excluding hydrogens is 949 g/mol. The topological polar surface area (TPSA) is 78.9 Å². The van der Waals surface area contributed by atoms with E-state index in [9.17, 15) is 14.4 Å². The van der Waals surface area contributed by atoms with Crippen molar-refractivity contribution in [2.45, 2.75) is 399 Å². The van der Waals surface area contributed by atoms with E-state index in [0.29, 0.717) is 19.3 Å². The largest absolute Gasteiger partial charge is 0.462 e. The molecule has 454 valence electrons. The number of hydrogen-bond donors (Lipinski definition) is 0. The summed E-state index contributed by atoms with van der Waals surface area (Å²) in [5.74, 6) is -0.855. The predicted octanol–water partition coefficient (Wildman–Crippen LogP) is 23.8. The first-order valence-corrected chi connectivity index (χ1v) is 34.8. The van der Waals surface area contributed by atoms with Crippen molar-refractivity contribution in [3.8, 4) is 0 Å². The lowest BCUT2D eigenvalue weighted by molar-refractivity contribution is -0.167. The summed E-state index contributed by atoms with van der Waals surface area (Å²) < 4.78 is 17.0. The highest BCUT2D eigenvalue weighted by Crippen LogP contribution is 2.19. The van der Waals surface area contributed by atoms with Gasteiger partial charge in [0.1, 0.15) is 13.2 Å². The predicted molar refractivity (Wildman–Crippen MR) is 335 cm³/mol.